The molecule has 3 aromatic rings. The number of nitrogens with one attached hydrogen (secondary N) is 2. The minimum atomic E-state index is -0.298. The van der Waals surface area contributed by atoms with Gasteiger partial charge in [-0.2, -0.15) is 0 Å². The number of aromatic hydroxyl groups is 1. The van der Waals surface area contributed by atoms with E-state index in [0.29, 0.717) is 33.9 Å². The van der Waals surface area contributed by atoms with E-state index in [1.165, 1.54) is 10.6 Å². The van der Waals surface area contributed by atoms with Gasteiger partial charge in [0.2, 0.25) is 0 Å². The lowest BCUT2D eigenvalue weighted by atomic mass is 9.88. The average Bonchev–Trinajstić information content (AvgIpc) is 3.01. The summed E-state index contributed by atoms with van der Waals surface area (Å²) in [7, 11) is 3.86. The molecule has 0 aliphatic carbocycles. The number of hydrogen-bond acceptors (Lipinski definition) is 5. The van der Waals surface area contributed by atoms with Crippen LogP contribution in [-0.2, 0) is 0 Å². The van der Waals surface area contributed by atoms with Gasteiger partial charge in [0.25, 0.3) is 0 Å². The zero-order valence-corrected chi connectivity index (χ0v) is 15.4. The van der Waals surface area contributed by atoms with Crippen molar-refractivity contribution < 1.29 is 5.11 Å². The van der Waals surface area contributed by atoms with Crippen molar-refractivity contribution in [3.63, 3.8) is 0 Å². The molecule has 0 amide bonds. The van der Waals surface area contributed by atoms with E-state index < -0.39 is 0 Å². The molecule has 7 nitrogen and oxygen atoms in total. The van der Waals surface area contributed by atoms with Crippen molar-refractivity contribution in [2.45, 2.75) is 12.8 Å². The quantitative estimate of drug-likeness (QED) is 0.498. The van der Waals surface area contributed by atoms with Gasteiger partial charge in [-0.1, -0.05) is 6.92 Å². The summed E-state index contributed by atoms with van der Waals surface area (Å²) in [5, 5.41) is 19.2. The lowest BCUT2D eigenvalue weighted by molar-refractivity contribution is 0.477. The standard InChI is InChI=1S/C20H21N5O2/c1-10-11-4-12(24(2)3)6-13(5-11)25-17(9-23-20(25)27)15-7-14(19(10)22)16(21)8-18(15)26/h4-10,22,26H,21H2,1-3H3,(H,23,27). The molecular formula is C20H21N5O2. The number of aromatic nitrogens is 2. The number of anilines is 2. The summed E-state index contributed by atoms with van der Waals surface area (Å²) >= 11 is 0. The largest absolute Gasteiger partial charge is 0.507 e. The van der Waals surface area contributed by atoms with Gasteiger partial charge in [-0.15, -0.1) is 0 Å². The second-order valence-electron chi connectivity index (χ2n) is 7.08. The van der Waals surface area contributed by atoms with Gasteiger partial charge >= 0.3 is 5.69 Å². The van der Waals surface area contributed by atoms with Crippen LogP contribution in [0.1, 0.15) is 24.0 Å². The molecule has 2 aromatic carbocycles. The summed E-state index contributed by atoms with van der Waals surface area (Å²) in [6.07, 6.45) is 1.56. The smallest absolute Gasteiger partial charge is 0.330 e. The van der Waals surface area contributed by atoms with Gasteiger partial charge in [-0.05, 0) is 29.8 Å². The van der Waals surface area contributed by atoms with Gasteiger partial charge in [-0.25, -0.2) is 4.79 Å². The molecule has 4 rings (SSSR count). The molecule has 5 N–H and O–H groups in total. The SMILES string of the molecule is CC1C(=N)c2cc(c(O)cc2N)-c2c[nH]c(=O)n2-c2cc1cc(N(C)C)c2. The highest BCUT2D eigenvalue weighted by Crippen LogP contribution is 2.38. The molecule has 1 unspecified atom stereocenters. The Morgan fingerprint density at radius 2 is 1.93 bits per heavy atom. The molecule has 0 saturated carbocycles. The van der Waals surface area contributed by atoms with E-state index in [2.05, 4.69) is 4.98 Å². The molecule has 7 heteroatoms. The van der Waals surface area contributed by atoms with E-state index in [9.17, 15) is 9.90 Å². The Labute approximate surface area is 156 Å². The van der Waals surface area contributed by atoms with Crippen molar-refractivity contribution in [3.05, 3.63) is 58.1 Å². The number of nitrogens with two attached hydrogens (primary N) is 1. The minimum Gasteiger partial charge on any atom is -0.507 e. The number of imidazole rings is 1. The third-order valence-corrected chi connectivity index (χ3v) is 5.14. The van der Waals surface area contributed by atoms with Crippen LogP contribution >= 0.6 is 0 Å². The fourth-order valence-corrected chi connectivity index (χ4v) is 3.52. The molecular weight excluding hydrogens is 342 g/mol. The predicted molar refractivity (Wildman–Crippen MR) is 107 cm³/mol. The van der Waals surface area contributed by atoms with E-state index in [-0.39, 0.29) is 17.4 Å². The van der Waals surface area contributed by atoms with E-state index in [1.54, 1.807) is 12.3 Å². The van der Waals surface area contributed by atoms with Crippen LogP contribution in [0, 0.1) is 5.41 Å². The topological polar surface area (TPSA) is 111 Å². The Bertz CT molecular complexity index is 1140. The van der Waals surface area contributed by atoms with Crippen molar-refractivity contribution in [3.8, 4) is 22.7 Å². The zero-order chi connectivity index (χ0) is 19.5. The van der Waals surface area contributed by atoms with Crippen LogP contribution in [-0.4, -0.2) is 34.5 Å². The Morgan fingerprint density at radius 3 is 2.63 bits per heavy atom. The Balaban J connectivity index is 2.16. The maximum absolute atomic E-state index is 12.6. The molecule has 0 spiro atoms. The van der Waals surface area contributed by atoms with Crippen LogP contribution in [0.25, 0.3) is 16.9 Å². The Kier molecular flexibility index (Phi) is 3.62. The van der Waals surface area contributed by atoms with Crippen molar-refractivity contribution in [1.29, 1.82) is 5.41 Å². The maximum atomic E-state index is 12.6. The van der Waals surface area contributed by atoms with E-state index in [0.717, 1.165) is 11.3 Å². The number of benzene rings is 2. The second kappa shape index (κ2) is 5.77. The molecule has 0 fully saturated rings. The highest BCUT2D eigenvalue weighted by molar-refractivity contribution is 6.08. The first-order chi connectivity index (χ1) is 12.8. The summed E-state index contributed by atoms with van der Waals surface area (Å²) in [6.45, 7) is 1.94. The highest BCUT2D eigenvalue weighted by atomic mass is 16.3. The van der Waals surface area contributed by atoms with Gasteiger partial charge in [0, 0.05) is 60.5 Å². The molecule has 1 aliphatic heterocycles. The fraction of sp³-hybridized carbons (Fsp3) is 0.200. The van der Waals surface area contributed by atoms with Crippen LogP contribution in [0.4, 0.5) is 11.4 Å². The number of hydrogen-bond donors (Lipinski definition) is 4. The van der Waals surface area contributed by atoms with E-state index in [1.807, 2.05) is 44.1 Å². The number of aromatic amines is 1. The summed E-state index contributed by atoms with van der Waals surface area (Å²) in [5.74, 6) is -0.270. The number of fused-ring (bicyclic) bond motifs is 7. The zero-order valence-electron chi connectivity index (χ0n) is 15.4. The van der Waals surface area contributed by atoms with Crippen LogP contribution in [0.15, 0.2) is 41.3 Å². The normalized spacial score (nSPS) is 15.4. The summed E-state index contributed by atoms with van der Waals surface area (Å²) in [6, 6.07) is 8.95. The first-order valence-electron chi connectivity index (χ1n) is 8.62. The lowest BCUT2D eigenvalue weighted by Crippen LogP contribution is -2.20. The van der Waals surface area contributed by atoms with Gasteiger partial charge in [0.15, 0.2) is 0 Å². The number of H-pyrrole nitrogens is 1. The molecule has 0 radical (unpaired) electrons. The summed E-state index contributed by atoms with van der Waals surface area (Å²) in [5.41, 5.74) is 10.5. The molecule has 2 heterocycles. The summed E-state index contributed by atoms with van der Waals surface area (Å²) < 4.78 is 1.53. The highest BCUT2D eigenvalue weighted by Gasteiger charge is 2.24. The third kappa shape index (κ3) is 2.51. The predicted octanol–water partition coefficient (Wildman–Crippen LogP) is 2.67. The van der Waals surface area contributed by atoms with E-state index >= 15 is 0 Å². The van der Waals surface area contributed by atoms with Crippen LogP contribution in [0.3, 0.4) is 0 Å². The van der Waals surface area contributed by atoms with Crippen LogP contribution in [0.2, 0.25) is 0 Å². The van der Waals surface area contributed by atoms with Crippen molar-refractivity contribution >= 4 is 17.1 Å². The first kappa shape index (κ1) is 17.0. The van der Waals surface area contributed by atoms with Crippen molar-refractivity contribution in [2.75, 3.05) is 24.7 Å². The maximum Gasteiger partial charge on any atom is 0.330 e. The molecule has 1 atom stereocenters. The summed E-state index contributed by atoms with van der Waals surface area (Å²) in [4.78, 5) is 17.2. The van der Waals surface area contributed by atoms with Gasteiger partial charge in [0.1, 0.15) is 5.75 Å². The van der Waals surface area contributed by atoms with Gasteiger partial charge < -0.3 is 26.1 Å². The monoisotopic (exact) mass is 363 g/mol. The van der Waals surface area contributed by atoms with Crippen LogP contribution in [0.5, 0.6) is 5.75 Å². The van der Waals surface area contributed by atoms with Crippen molar-refractivity contribution in [1.82, 2.24) is 9.55 Å². The number of phenols is 1. The number of nitrogen functional groups attached to an aromatic ring is 1. The second-order valence-corrected chi connectivity index (χ2v) is 7.08. The third-order valence-electron chi connectivity index (χ3n) is 5.14. The molecule has 27 heavy (non-hydrogen) atoms. The van der Waals surface area contributed by atoms with E-state index in [4.69, 9.17) is 11.1 Å². The van der Waals surface area contributed by atoms with Crippen LogP contribution < -0.4 is 16.3 Å². The molecule has 0 saturated heterocycles. The van der Waals surface area contributed by atoms with Gasteiger partial charge in [-0.3, -0.25) is 4.57 Å². The van der Waals surface area contributed by atoms with Crippen molar-refractivity contribution in [2.24, 2.45) is 0 Å². The molecule has 1 aromatic heterocycles. The Hall–Kier alpha value is -3.48. The number of rotatable bonds is 1. The minimum absolute atomic E-state index is 0.0333. The number of nitrogens with zero attached hydrogens (tertiary/aromatic N) is 2. The number of phenolic OH excluding ortho intramolecular Hbond substituents is 1. The van der Waals surface area contributed by atoms with Gasteiger partial charge in [0.05, 0.1) is 11.4 Å². The Morgan fingerprint density at radius 1 is 1.19 bits per heavy atom. The lowest BCUT2D eigenvalue weighted by Gasteiger charge is -2.23. The molecule has 138 valence electrons. The first-order valence-corrected chi connectivity index (χ1v) is 8.62. The molecule has 4 bridgehead atoms. The average molecular weight is 363 g/mol. The fourth-order valence-electron chi connectivity index (χ4n) is 3.52. The molecule has 1 aliphatic rings.